The van der Waals surface area contributed by atoms with E-state index in [1.807, 2.05) is 12.1 Å². The van der Waals surface area contributed by atoms with E-state index in [9.17, 15) is 4.79 Å². The van der Waals surface area contributed by atoms with Gasteiger partial charge in [-0.25, -0.2) is 0 Å². The zero-order valence-corrected chi connectivity index (χ0v) is 13.4. The Bertz CT molecular complexity index is 1030. The number of hydrogen-bond acceptors (Lipinski definition) is 3. The molecule has 0 aliphatic carbocycles. The maximum atomic E-state index is 11.5. The molecule has 0 aliphatic heterocycles. The van der Waals surface area contributed by atoms with Gasteiger partial charge in [0.25, 0.3) is 0 Å². The van der Waals surface area contributed by atoms with Gasteiger partial charge in [-0.3, -0.25) is 4.79 Å². The molecule has 2 nitrogen and oxygen atoms in total. The number of rotatable bonds is 3. The van der Waals surface area contributed by atoms with Crippen LogP contribution in [0.5, 0.6) is 5.75 Å². The van der Waals surface area contributed by atoms with Crippen molar-refractivity contribution in [2.45, 2.75) is 0 Å². The molecule has 3 aromatic carbocycles. The predicted molar refractivity (Wildman–Crippen MR) is 96.7 cm³/mol. The summed E-state index contributed by atoms with van der Waals surface area (Å²) in [5.74, 6) is 0.694. The number of hydrogen-bond donors (Lipinski definition) is 0. The van der Waals surface area contributed by atoms with Crippen LogP contribution in [0.1, 0.15) is 10.4 Å². The average Bonchev–Trinajstić information content (AvgIpc) is 3.00. The van der Waals surface area contributed by atoms with E-state index in [0.29, 0.717) is 11.3 Å². The largest absolute Gasteiger partial charge is 0.497 e. The van der Waals surface area contributed by atoms with Crippen LogP contribution in [0.2, 0.25) is 0 Å². The zero-order chi connectivity index (χ0) is 15.8. The van der Waals surface area contributed by atoms with Crippen molar-refractivity contribution in [1.29, 1.82) is 0 Å². The normalized spacial score (nSPS) is 11.0. The summed E-state index contributed by atoms with van der Waals surface area (Å²) in [5, 5.41) is 2.49. The van der Waals surface area contributed by atoms with Gasteiger partial charge in [-0.2, -0.15) is 0 Å². The summed E-state index contributed by atoms with van der Waals surface area (Å²) in [6.07, 6.45) is 0.893. The van der Waals surface area contributed by atoms with Crippen LogP contribution in [0.25, 0.3) is 31.3 Å². The number of fused-ring (bicyclic) bond motifs is 3. The van der Waals surface area contributed by atoms with Crippen LogP contribution >= 0.6 is 11.3 Å². The van der Waals surface area contributed by atoms with Gasteiger partial charge in [0.1, 0.15) is 5.75 Å². The van der Waals surface area contributed by atoms with Crippen molar-refractivity contribution in [3.05, 3.63) is 66.2 Å². The molecule has 0 fully saturated rings. The fourth-order valence-electron chi connectivity index (χ4n) is 2.97. The lowest BCUT2D eigenvalue weighted by molar-refractivity contribution is 0.112. The Labute approximate surface area is 137 Å². The SMILES string of the molecule is COc1ccc(-c2cccc3c2sc2ccccc23)c(C=O)c1. The van der Waals surface area contributed by atoms with Gasteiger partial charge >= 0.3 is 0 Å². The minimum Gasteiger partial charge on any atom is -0.497 e. The first-order valence-corrected chi connectivity index (χ1v) is 8.17. The van der Waals surface area contributed by atoms with Crippen LogP contribution in [0.4, 0.5) is 0 Å². The Hall–Kier alpha value is -2.65. The summed E-state index contributed by atoms with van der Waals surface area (Å²) >= 11 is 1.77. The van der Waals surface area contributed by atoms with E-state index < -0.39 is 0 Å². The molecule has 0 amide bonds. The molecule has 1 heterocycles. The molecule has 0 N–H and O–H groups in total. The third kappa shape index (κ3) is 2.21. The second-order valence-electron chi connectivity index (χ2n) is 5.35. The lowest BCUT2D eigenvalue weighted by atomic mass is 9.98. The van der Waals surface area contributed by atoms with E-state index in [1.54, 1.807) is 24.5 Å². The molecule has 4 rings (SSSR count). The second kappa shape index (κ2) is 5.52. The van der Waals surface area contributed by atoms with E-state index in [-0.39, 0.29) is 0 Å². The standard InChI is InChI=1S/C20H14O2S/c1-22-14-9-10-15(13(11-14)12-21)17-6-4-7-18-16-5-2-3-8-19(16)23-20(17)18/h2-12H,1H3. The van der Waals surface area contributed by atoms with Crippen molar-refractivity contribution in [3.8, 4) is 16.9 Å². The number of methoxy groups -OCH3 is 1. The van der Waals surface area contributed by atoms with Gasteiger partial charge in [-0.15, -0.1) is 11.3 Å². The number of carbonyl (C=O) groups excluding carboxylic acids is 1. The molecule has 23 heavy (non-hydrogen) atoms. The van der Waals surface area contributed by atoms with Crippen LogP contribution in [-0.2, 0) is 0 Å². The molecule has 0 saturated carbocycles. The first-order chi connectivity index (χ1) is 11.3. The van der Waals surface area contributed by atoms with Crippen molar-refractivity contribution in [2.75, 3.05) is 7.11 Å². The molecule has 1 aromatic heterocycles. The van der Waals surface area contributed by atoms with Gasteiger partial charge in [-0.1, -0.05) is 36.4 Å². The number of thiophene rings is 1. The average molecular weight is 318 g/mol. The van der Waals surface area contributed by atoms with Crippen LogP contribution in [-0.4, -0.2) is 13.4 Å². The van der Waals surface area contributed by atoms with Gasteiger partial charge in [0.05, 0.1) is 7.11 Å². The Morgan fingerprint density at radius 3 is 2.57 bits per heavy atom. The van der Waals surface area contributed by atoms with Gasteiger partial charge in [0, 0.05) is 31.3 Å². The van der Waals surface area contributed by atoms with E-state index in [0.717, 1.165) is 17.4 Å². The maximum absolute atomic E-state index is 11.5. The highest BCUT2D eigenvalue weighted by atomic mass is 32.1. The van der Waals surface area contributed by atoms with Gasteiger partial charge in [0.15, 0.2) is 6.29 Å². The Kier molecular flexibility index (Phi) is 3.36. The topological polar surface area (TPSA) is 26.3 Å². The van der Waals surface area contributed by atoms with Gasteiger partial charge < -0.3 is 4.74 Å². The quantitative estimate of drug-likeness (QED) is 0.463. The summed E-state index contributed by atoms with van der Waals surface area (Å²) in [4.78, 5) is 11.5. The fourth-order valence-corrected chi connectivity index (χ4v) is 4.20. The summed E-state index contributed by atoms with van der Waals surface area (Å²) in [5.41, 5.74) is 2.68. The van der Waals surface area contributed by atoms with Crippen molar-refractivity contribution >= 4 is 37.8 Å². The third-order valence-electron chi connectivity index (χ3n) is 4.08. The minimum absolute atomic E-state index is 0.648. The molecule has 0 saturated heterocycles. The van der Waals surface area contributed by atoms with E-state index in [1.165, 1.54) is 20.2 Å². The molecule has 3 heteroatoms. The highest BCUT2D eigenvalue weighted by Crippen LogP contribution is 2.40. The van der Waals surface area contributed by atoms with Crippen molar-refractivity contribution < 1.29 is 9.53 Å². The predicted octanol–water partition coefficient (Wildman–Crippen LogP) is 5.54. The molecule has 4 aromatic rings. The Balaban J connectivity index is 2.04. The molecule has 0 radical (unpaired) electrons. The van der Waals surface area contributed by atoms with E-state index in [2.05, 4.69) is 42.5 Å². The minimum atomic E-state index is 0.648. The summed E-state index contributed by atoms with van der Waals surface area (Å²) < 4.78 is 7.70. The van der Waals surface area contributed by atoms with Crippen LogP contribution in [0.15, 0.2) is 60.7 Å². The monoisotopic (exact) mass is 318 g/mol. The first kappa shape index (κ1) is 14.0. The third-order valence-corrected chi connectivity index (χ3v) is 5.30. The van der Waals surface area contributed by atoms with Crippen molar-refractivity contribution in [3.63, 3.8) is 0 Å². The van der Waals surface area contributed by atoms with Crippen molar-refractivity contribution in [2.24, 2.45) is 0 Å². The molecule has 112 valence electrons. The molecule has 0 spiro atoms. The summed E-state index contributed by atoms with van der Waals surface area (Å²) in [6, 6.07) is 20.3. The first-order valence-electron chi connectivity index (χ1n) is 7.35. The number of carbonyl (C=O) groups is 1. The number of benzene rings is 3. The highest BCUT2D eigenvalue weighted by molar-refractivity contribution is 7.26. The molecular formula is C20H14O2S. The Morgan fingerprint density at radius 1 is 0.913 bits per heavy atom. The van der Waals surface area contributed by atoms with Crippen molar-refractivity contribution in [1.82, 2.24) is 0 Å². The number of ether oxygens (including phenoxy) is 1. The molecule has 0 atom stereocenters. The summed E-state index contributed by atoms with van der Waals surface area (Å²) in [6.45, 7) is 0. The lowest BCUT2D eigenvalue weighted by Gasteiger charge is -2.08. The van der Waals surface area contributed by atoms with Gasteiger partial charge in [0.2, 0.25) is 0 Å². The molecule has 0 aliphatic rings. The fraction of sp³-hybridized carbons (Fsp3) is 0.0500. The maximum Gasteiger partial charge on any atom is 0.150 e. The molecule has 0 bridgehead atoms. The van der Waals surface area contributed by atoms with E-state index >= 15 is 0 Å². The smallest absolute Gasteiger partial charge is 0.150 e. The summed E-state index contributed by atoms with van der Waals surface area (Å²) in [7, 11) is 1.61. The second-order valence-corrected chi connectivity index (χ2v) is 6.40. The lowest BCUT2D eigenvalue weighted by Crippen LogP contribution is -1.90. The molecular weight excluding hydrogens is 304 g/mol. The van der Waals surface area contributed by atoms with E-state index in [4.69, 9.17) is 4.74 Å². The van der Waals surface area contributed by atoms with Crippen LogP contribution < -0.4 is 4.74 Å². The van der Waals surface area contributed by atoms with Crippen LogP contribution in [0, 0.1) is 0 Å². The van der Waals surface area contributed by atoms with Crippen LogP contribution in [0.3, 0.4) is 0 Å². The molecule has 0 unspecified atom stereocenters. The Morgan fingerprint density at radius 2 is 1.74 bits per heavy atom. The van der Waals surface area contributed by atoms with Gasteiger partial charge in [-0.05, 0) is 29.8 Å². The highest BCUT2D eigenvalue weighted by Gasteiger charge is 2.13. The zero-order valence-electron chi connectivity index (χ0n) is 12.6. The number of aldehydes is 1.